The Morgan fingerprint density at radius 1 is 0.520 bits per heavy atom. The van der Waals surface area contributed by atoms with Gasteiger partial charge < -0.3 is 4.74 Å². The number of hydrogen-bond donors (Lipinski definition) is 0. The Balaban J connectivity index is 1.90. The maximum absolute atomic E-state index is 6.13. The van der Waals surface area contributed by atoms with Crippen LogP contribution in [0.1, 0.15) is 0 Å². The first-order chi connectivity index (χ1) is 12.4. The van der Waals surface area contributed by atoms with Gasteiger partial charge in [0.25, 0.3) is 0 Å². The van der Waals surface area contributed by atoms with Crippen LogP contribution in [0.2, 0.25) is 0 Å². The van der Waals surface area contributed by atoms with Gasteiger partial charge in [-0.1, -0.05) is 78.9 Å². The van der Waals surface area contributed by atoms with E-state index in [0.717, 1.165) is 28.0 Å². The largest absolute Gasteiger partial charge is 0.423 e. The van der Waals surface area contributed by atoms with Crippen molar-refractivity contribution < 1.29 is 4.74 Å². The van der Waals surface area contributed by atoms with Crippen LogP contribution in [0.25, 0.3) is 22.3 Å². The zero-order valence-corrected chi connectivity index (χ0v) is 13.5. The maximum atomic E-state index is 6.13. The van der Waals surface area contributed by atoms with Crippen LogP contribution in [0.15, 0.2) is 97.3 Å². The fourth-order valence-corrected chi connectivity index (χ4v) is 2.77. The molecule has 0 amide bonds. The van der Waals surface area contributed by atoms with Gasteiger partial charge in [0.05, 0.1) is 0 Å². The lowest BCUT2D eigenvalue weighted by Gasteiger charge is -2.15. The molecule has 3 nitrogen and oxygen atoms in total. The summed E-state index contributed by atoms with van der Waals surface area (Å²) >= 11 is 0. The zero-order chi connectivity index (χ0) is 16.9. The molecule has 0 bridgehead atoms. The second-order valence-electron chi connectivity index (χ2n) is 5.55. The van der Waals surface area contributed by atoms with Gasteiger partial charge in [0.15, 0.2) is 0 Å². The van der Waals surface area contributed by atoms with E-state index in [9.17, 15) is 0 Å². The minimum Gasteiger partial charge on any atom is -0.423 e. The number of nitrogens with zero attached hydrogens (tertiary/aromatic N) is 2. The van der Waals surface area contributed by atoms with Gasteiger partial charge in [-0.2, -0.15) is 0 Å². The molecule has 4 aromatic rings. The molecular weight excluding hydrogens is 308 g/mol. The topological polar surface area (TPSA) is 35.0 Å². The molecule has 0 spiro atoms. The van der Waals surface area contributed by atoms with Crippen molar-refractivity contribution in [3.63, 3.8) is 0 Å². The summed E-state index contributed by atoms with van der Waals surface area (Å²) in [6, 6.07) is 28.6. The molecule has 0 aliphatic heterocycles. The van der Waals surface area contributed by atoms with Gasteiger partial charge in [-0.15, -0.1) is 0 Å². The van der Waals surface area contributed by atoms with Crippen molar-refractivity contribution in [1.82, 2.24) is 9.97 Å². The highest BCUT2D eigenvalue weighted by Crippen LogP contribution is 2.40. The minimum absolute atomic E-state index is 0.336. The summed E-state index contributed by atoms with van der Waals surface area (Å²) in [6.45, 7) is 0. The third kappa shape index (κ3) is 3.26. The second kappa shape index (κ2) is 6.97. The summed E-state index contributed by atoms with van der Waals surface area (Å²) < 4.78 is 6.13. The third-order valence-corrected chi connectivity index (χ3v) is 3.92. The summed E-state index contributed by atoms with van der Waals surface area (Å²) in [5.41, 5.74) is 4.20. The van der Waals surface area contributed by atoms with Crippen molar-refractivity contribution in [2.45, 2.75) is 0 Å². The highest BCUT2D eigenvalue weighted by molar-refractivity contribution is 5.82. The second-order valence-corrected chi connectivity index (χ2v) is 5.55. The average molecular weight is 324 g/mol. The molecule has 25 heavy (non-hydrogen) atoms. The fraction of sp³-hybridized carbons (Fsp3) is 0. The highest BCUT2D eigenvalue weighted by Gasteiger charge is 2.15. The lowest BCUT2D eigenvalue weighted by Crippen LogP contribution is -1.95. The van der Waals surface area contributed by atoms with Crippen LogP contribution in [0.4, 0.5) is 0 Å². The highest BCUT2D eigenvalue weighted by atomic mass is 16.5. The average Bonchev–Trinajstić information content (AvgIpc) is 2.70. The van der Waals surface area contributed by atoms with Gasteiger partial charge in [-0.25, -0.2) is 9.97 Å². The minimum atomic E-state index is 0.336. The number of rotatable bonds is 4. The van der Waals surface area contributed by atoms with Crippen LogP contribution >= 0.6 is 0 Å². The van der Waals surface area contributed by atoms with Crippen molar-refractivity contribution >= 4 is 0 Å². The summed E-state index contributed by atoms with van der Waals surface area (Å²) in [7, 11) is 0. The van der Waals surface area contributed by atoms with E-state index in [2.05, 4.69) is 46.4 Å². The predicted octanol–water partition coefficient (Wildman–Crippen LogP) is 5.60. The first-order valence-corrected chi connectivity index (χ1v) is 8.10. The molecule has 0 saturated heterocycles. The van der Waals surface area contributed by atoms with Crippen molar-refractivity contribution in [2.75, 3.05) is 0 Å². The number of benzene rings is 3. The molecule has 0 fully saturated rings. The van der Waals surface area contributed by atoms with Crippen molar-refractivity contribution in [2.24, 2.45) is 0 Å². The third-order valence-electron chi connectivity index (χ3n) is 3.92. The van der Waals surface area contributed by atoms with Gasteiger partial charge in [0, 0.05) is 23.5 Å². The van der Waals surface area contributed by atoms with E-state index < -0.39 is 0 Å². The van der Waals surface area contributed by atoms with E-state index in [1.807, 2.05) is 42.5 Å². The first kappa shape index (κ1) is 15.1. The SMILES string of the molecule is c1ccc(-c2cccc(-c3ccccc3)c2Oc2ncccn2)cc1. The summed E-state index contributed by atoms with van der Waals surface area (Å²) in [4.78, 5) is 8.42. The number of aromatic nitrogens is 2. The summed E-state index contributed by atoms with van der Waals surface area (Å²) in [5, 5.41) is 0. The molecular formula is C22H16N2O. The molecule has 0 aliphatic carbocycles. The molecule has 3 aromatic carbocycles. The molecule has 0 aliphatic rings. The van der Waals surface area contributed by atoms with Crippen LogP contribution in [0.5, 0.6) is 11.8 Å². The molecule has 0 unspecified atom stereocenters. The van der Waals surface area contributed by atoms with Crippen molar-refractivity contribution in [1.29, 1.82) is 0 Å². The number of para-hydroxylation sites is 1. The van der Waals surface area contributed by atoms with E-state index in [4.69, 9.17) is 4.74 Å². The van der Waals surface area contributed by atoms with E-state index in [0.29, 0.717) is 6.01 Å². The van der Waals surface area contributed by atoms with Crippen LogP contribution < -0.4 is 4.74 Å². The fourth-order valence-electron chi connectivity index (χ4n) is 2.77. The van der Waals surface area contributed by atoms with Gasteiger partial charge in [0.2, 0.25) is 0 Å². The van der Waals surface area contributed by atoms with Crippen LogP contribution in [0, 0.1) is 0 Å². The Bertz CT molecular complexity index is 897. The van der Waals surface area contributed by atoms with Gasteiger partial charge in [-0.3, -0.25) is 0 Å². The lowest BCUT2D eigenvalue weighted by atomic mass is 9.97. The van der Waals surface area contributed by atoms with E-state index >= 15 is 0 Å². The standard InChI is InChI=1S/C22H16N2O/c1-3-9-17(10-4-1)19-13-7-14-20(18-11-5-2-6-12-18)21(19)25-22-23-15-8-16-24-22/h1-16H. The zero-order valence-electron chi connectivity index (χ0n) is 13.5. The van der Waals surface area contributed by atoms with Crippen molar-refractivity contribution in [3.05, 3.63) is 97.3 Å². The Morgan fingerprint density at radius 3 is 1.56 bits per heavy atom. The van der Waals surface area contributed by atoms with E-state index in [1.54, 1.807) is 18.5 Å². The number of ether oxygens (including phenoxy) is 1. The summed E-state index contributed by atoms with van der Waals surface area (Å²) in [6.07, 6.45) is 3.35. The molecule has 0 atom stereocenters. The Hall–Kier alpha value is -3.46. The van der Waals surface area contributed by atoms with Gasteiger partial charge in [-0.05, 0) is 17.2 Å². The van der Waals surface area contributed by atoms with Crippen molar-refractivity contribution in [3.8, 4) is 34.0 Å². The Kier molecular flexibility index (Phi) is 4.21. The van der Waals surface area contributed by atoms with E-state index in [-0.39, 0.29) is 0 Å². The summed E-state index contributed by atoms with van der Waals surface area (Å²) in [5.74, 6) is 0.756. The molecule has 3 heteroatoms. The number of hydrogen-bond acceptors (Lipinski definition) is 3. The normalized spacial score (nSPS) is 10.4. The molecule has 1 heterocycles. The molecule has 1 aromatic heterocycles. The predicted molar refractivity (Wildman–Crippen MR) is 99.4 cm³/mol. The maximum Gasteiger partial charge on any atom is 0.321 e. The van der Waals surface area contributed by atoms with Gasteiger partial charge >= 0.3 is 6.01 Å². The molecule has 4 rings (SSSR count). The molecule has 0 radical (unpaired) electrons. The first-order valence-electron chi connectivity index (χ1n) is 8.10. The van der Waals surface area contributed by atoms with E-state index in [1.165, 1.54) is 0 Å². The molecule has 0 N–H and O–H groups in total. The Labute approximate surface area is 146 Å². The lowest BCUT2D eigenvalue weighted by molar-refractivity contribution is 0.445. The van der Waals surface area contributed by atoms with Crippen LogP contribution in [-0.2, 0) is 0 Å². The van der Waals surface area contributed by atoms with Crippen LogP contribution in [-0.4, -0.2) is 9.97 Å². The van der Waals surface area contributed by atoms with Gasteiger partial charge in [0.1, 0.15) is 5.75 Å². The van der Waals surface area contributed by atoms with Crippen LogP contribution in [0.3, 0.4) is 0 Å². The smallest absolute Gasteiger partial charge is 0.321 e. The monoisotopic (exact) mass is 324 g/mol. The molecule has 0 saturated carbocycles. The Morgan fingerprint density at radius 2 is 1.04 bits per heavy atom. The quantitative estimate of drug-likeness (QED) is 0.490. The molecule has 120 valence electrons.